The van der Waals surface area contributed by atoms with Gasteiger partial charge < -0.3 is 10.3 Å². The van der Waals surface area contributed by atoms with Crippen LogP contribution in [0.3, 0.4) is 0 Å². The van der Waals surface area contributed by atoms with Crippen molar-refractivity contribution in [3.05, 3.63) is 47.1 Å². The van der Waals surface area contributed by atoms with Gasteiger partial charge in [0.1, 0.15) is 10.0 Å². The smallest absolute Gasteiger partial charge is 0.252 e. The summed E-state index contributed by atoms with van der Waals surface area (Å²) in [5.41, 5.74) is 1.78. The number of fused-ring (bicyclic) bond motifs is 1. The van der Waals surface area contributed by atoms with Gasteiger partial charge in [-0.3, -0.25) is 4.79 Å². The molecule has 0 aliphatic carbocycles. The molecule has 2 N–H and O–H groups in total. The Labute approximate surface area is 167 Å². The third kappa shape index (κ3) is 3.82. The van der Waals surface area contributed by atoms with Crippen LogP contribution in [0, 0.1) is 0 Å². The number of amides is 1. The van der Waals surface area contributed by atoms with Gasteiger partial charge in [0.2, 0.25) is 5.91 Å². The average molecular weight is 419 g/mol. The highest BCUT2D eigenvalue weighted by Crippen LogP contribution is 2.27. The molecule has 1 aliphatic heterocycles. The molecule has 0 spiro atoms. The zero-order valence-corrected chi connectivity index (χ0v) is 17.1. The summed E-state index contributed by atoms with van der Waals surface area (Å²) in [6.45, 7) is 3.02. The summed E-state index contributed by atoms with van der Waals surface area (Å²) in [6.07, 6.45) is 1.95. The zero-order chi connectivity index (χ0) is 19.7. The van der Waals surface area contributed by atoms with Crippen LogP contribution >= 0.6 is 11.3 Å². The third-order valence-electron chi connectivity index (χ3n) is 4.83. The topological polar surface area (TPSA) is 95.2 Å². The summed E-state index contributed by atoms with van der Waals surface area (Å²) in [7, 11) is -3.43. The minimum Gasteiger partial charge on any atom is -0.346 e. The van der Waals surface area contributed by atoms with E-state index in [0.29, 0.717) is 23.1 Å². The van der Waals surface area contributed by atoms with E-state index >= 15 is 0 Å². The van der Waals surface area contributed by atoms with E-state index in [4.69, 9.17) is 0 Å². The van der Waals surface area contributed by atoms with Gasteiger partial charge in [0.25, 0.3) is 10.0 Å². The largest absolute Gasteiger partial charge is 0.346 e. The molecule has 1 fully saturated rings. The highest BCUT2D eigenvalue weighted by Gasteiger charge is 2.28. The molecule has 0 bridgehead atoms. The first-order valence-corrected chi connectivity index (χ1v) is 11.5. The van der Waals surface area contributed by atoms with E-state index in [1.165, 1.54) is 15.6 Å². The maximum absolute atomic E-state index is 12.6. The van der Waals surface area contributed by atoms with E-state index in [1.54, 1.807) is 12.1 Å². The lowest BCUT2D eigenvalue weighted by Crippen LogP contribution is -2.28. The maximum Gasteiger partial charge on any atom is 0.252 e. The lowest BCUT2D eigenvalue weighted by molar-refractivity contribution is -0.121. The van der Waals surface area contributed by atoms with E-state index in [-0.39, 0.29) is 18.4 Å². The molecule has 28 heavy (non-hydrogen) atoms. The van der Waals surface area contributed by atoms with Crippen molar-refractivity contribution in [1.29, 1.82) is 0 Å². The molecule has 0 radical (unpaired) electrons. The van der Waals surface area contributed by atoms with Crippen LogP contribution < -0.4 is 5.32 Å². The van der Waals surface area contributed by atoms with E-state index in [2.05, 4.69) is 15.3 Å². The first-order valence-electron chi connectivity index (χ1n) is 9.26. The van der Waals surface area contributed by atoms with Crippen molar-refractivity contribution >= 4 is 38.3 Å². The molecule has 3 aromatic rings. The van der Waals surface area contributed by atoms with Crippen LogP contribution in [-0.2, 0) is 21.2 Å². The normalized spacial score (nSPS) is 16.5. The molecule has 7 nitrogen and oxygen atoms in total. The molecule has 1 saturated heterocycles. The van der Waals surface area contributed by atoms with Gasteiger partial charge in [0.15, 0.2) is 0 Å². The quantitative estimate of drug-likeness (QED) is 0.643. The minimum atomic E-state index is -3.43. The Kier molecular flexibility index (Phi) is 5.22. The second kappa shape index (κ2) is 7.65. The Bertz CT molecular complexity index is 1060. The number of carbonyl (C=O) groups is 1. The van der Waals surface area contributed by atoms with Crippen molar-refractivity contribution in [2.75, 3.05) is 13.1 Å². The van der Waals surface area contributed by atoms with E-state index in [0.717, 1.165) is 28.8 Å². The first-order chi connectivity index (χ1) is 13.4. The van der Waals surface area contributed by atoms with Gasteiger partial charge in [-0.15, -0.1) is 11.3 Å². The number of sulfonamides is 1. The molecule has 9 heteroatoms. The number of para-hydroxylation sites is 2. The number of H-pyrrole nitrogens is 1. The van der Waals surface area contributed by atoms with E-state index < -0.39 is 10.0 Å². The van der Waals surface area contributed by atoms with Crippen molar-refractivity contribution in [2.24, 2.45) is 0 Å². The van der Waals surface area contributed by atoms with Gasteiger partial charge in [-0.05, 0) is 44.0 Å². The van der Waals surface area contributed by atoms with Crippen molar-refractivity contribution in [1.82, 2.24) is 19.6 Å². The monoisotopic (exact) mass is 418 g/mol. The lowest BCUT2D eigenvalue weighted by Gasteiger charge is -2.13. The number of thiophene rings is 1. The molecule has 2 aromatic heterocycles. The predicted molar refractivity (Wildman–Crippen MR) is 109 cm³/mol. The first kappa shape index (κ1) is 19.1. The Morgan fingerprint density at radius 1 is 1.25 bits per heavy atom. The summed E-state index contributed by atoms with van der Waals surface area (Å²) >= 11 is 1.17. The van der Waals surface area contributed by atoms with Gasteiger partial charge in [0.05, 0.1) is 23.5 Å². The van der Waals surface area contributed by atoms with E-state index in [1.807, 2.05) is 31.2 Å². The zero-order valence-electron chi connectivity index (χ0n) is 15.5. The van der Waals surface area contributed by atoms with Gasteiger partial charge in [-0.25, -0.2) is 13.4 Å². The van der Waals surface area contributed by atoms with E-state index in [9.17, 15) is 13.2 Å². The molecule has 1 aromatic carbocycles. The number of benzene rings is 1. The summed E-state index contributed by atoms with van der Waals surface area (Å²) in [6, 6.07) is 10.8. The maximum atomic E-state index is 12.6. The molecule has 148 valence electrons. The number of nitrogens with zero attached hydrogens (tertiary/aromatic N) is 2. The Hall–Kier alpha value is -2.23. The number of imidazole rings is 1. The fraction of sp³-hybridized carbons (Fsp3) is 0.368. The Balaban J connectivity index is 1.40. The fourth-order valence-corrected chi connectivity index (χ4v) is 6.37. The summed E-state index contributed by atoms with van der Waals surface area (Å²) in [5, 5.41) is 2.92. The number of rotatable bonds is 6. The molecule has 3 heterocycles. The van der Waals surface area contributed by atoms with Crippen LogP contribution in [-0.4, -0.2) is 41.7 Å². The number of aromatic amines is 1. The second-order valence-corrected chi connectivity index (χ2v) is 10.3. The van der Waals surface area contributed by atoms with Gasteiger partial charge in [0, 0.05) is 18.0 Å². The highest BCUT2D eigenvalue weighted by atomic mass is 32.2. The van der Waals surface area contributed by atoms with Crippen LogP contribution in [0.4, 0.5) is 0 Å². The van der Waals surface area contributed by atoms with Crippen molar-refractivity contribution in [3.8, 4) is 0 Å². The fourth-order valence-electron chi connectivity index (χ4n) is 3.34. The molecular weight excluding hydrogens is 396 g/mol. The molecule has 4 rings (SSSR count). The lowest BCUT2D eigenvalue weighted by atomic mass is 10.2. The molecular formula is C19H22N4O3S2. The predicted octanol–water partition coefficient (Wildman–Crippen LogP) is 2.83. The number of aromatic nitrogens is 2. The summed E-state index contributed by atoms with van der Waals surface area (Å²) in [5.74, 6) is 0.526. The molecule has 1 unspecified atom stereocenters. The Morgan fingerprint density at radius 2 is 2.00 bits per heavy atom. The van der Waals surface area contributed by atoms with Crippen molar-refractivity contribution < 1.29 is 13.2 Å². The number of nitrogens with one attached hydrogen (secondary N) is 2. The van der Waals surface area contributed by atoms with Crippen LogP contribution in [0.15, 0.2) is 40.6 Å². The molecule has 0 saturated carbocycles. The van der Waals surface area contributed by atoms with Crippen LogP contribution in [0.2, 0.25) is 0 Å². The Morgan fingerprint density at radius 3 is 2.75 bits per heavy atom. The third-order valence-corrected chi connectivity index (χ3v) is 8.28. The highest BCUT2D eigenvalue weighted by molar-refractivity contribution is 7.91. The molecule has 1 amide bonds. The van der Waals surface area contributed by atoms with Crippen LogP contribution in [0.25, 0.3) is 11.0 Å². The number of carbonyl (C=O) groups excluding carboxylic acids is 1. The van der Waals surface area contributed by atoms with Crippen LogP contribution in [0.5, 0.6) is 0 Å². The number of hydrogen-bond donors (Lipinski definition) is 2. The SMILES string of the molecule is CC(NC(=O)Cc1ccc(S(=O)(=O)N2CCCC2)s1)c1nc2ccccc2[nH]1. The molecule has 1 atom stereocenters. The molecule has 1 aliphatic rings. The average Bonchev–Trinajstić information content (AvgIpc) is 3.41. The second-order valence-electron chi connectivity index (χ2n) is 6.94. The van der Waals surface area contributed by atoms with Gasteiger partial charge >= 0.3 is 0 Å². The summed E-state index contributed by atoms with van der Waals surface area (Å²) < 4.78 is 27.0. The summed E-state index contributed by atoms with van der Waals surface area (Å²) in [4.78, 5) is 20.9. The van der Waals surface area contributed by atoms with Gasteiger partial charge in [-0.1, -0.05) is 12.1 Å². The van der Waals surface area contributed by atoms with Crippen molar-refractivity contribution in [3.63, 3.8) is 0 Å². The van der Waals surface area contributed by atoms with Gasteiger partial charge in [-0.2, -0.15) is 4.31 Å². The minimum absolute atomic E-state index is 0.144. The number of hydrogen-bond acceptors (Lipinski definition) is 5. The van der Waals surface area contributed by atoms with Crippen molar-refractivity contribution in [2.45, 2.75) is 36.4 Å². The standard InChI is InChI=1S/C19H22N4O3S2/c1-13(19-21-15-6-2-3-7-16(15)22-19)20-17(24)12-14-8-9-18(27-14)28(25,26)23-10-4-5-11-23/h2-3,6-9,13H,4-5,10-12H2,1H3,(H,20,24)(H,21,22). The van der Waals surface area contributed by atoms with Crippen LogP contribution in [0.1, 0.15) is 36.5 Å².